The number of anilines is 1. The largest absolute Gasteiger partial charge is 0.339 e. The highest BCUT2D eigenvalue weighted by Crippen LogP contribution is 2.17. The summed E-state index contributed by atoms with van der Waals surface area (Å²) < 4.78 is 0. The fraction of sp³-hybridized carbons (Fsp3) is 0.615. The van der Waals surface area contributed by atoms with Gasteiger partial charge >= 0.3 is 0 Å². The Balaban J connectivity index is 2.01. The van der Waals surface area contributed by atoms with Crippen LogP contribution in [-0.2, 0) is 0 Å². The molecule has 1 saturated heterocycles. The van der Waals surface area contributed by atoms with Gasteiger partial charge in [0.05, 0.1) is 12.4 Å². The minimum atomic E-state index is -0.127. The topological polar surface area (TPSA) is 87.4 Å². The number of amides is 1. The molecular weight excluding hydrogens is 256 g/mol. The quantitative estimate of drug-likeness (QED) is 0.596. The average molecular weight is 278 g/mol. The Kier molecular flexibility index (Phi) is 4.86. The third kappa shape index (κ3) is 3.23. The Morgan fingerprint density at radius 1 is 1.60 bits per heavy atom. The first-order chi connectivity index (χ1) is 9.65. The standard InChI is InChI=1S/C13H22N6O/c1-3-19-6-4-5-10(19)9-18(2)13(20)11-7-15-8-12(16-11)17-14/h7-8,10H,3-6,9,14H2,1-2H3,(H,16,17). The van der Waals surface area contributed by atoms with Crippen LogP contribution in [0.1, 0.15) is 30.3 Å². The van der Waals surface area contributed by atoms with Gasteiger partial charge in [-0.2, -0.15) is 0 Å². The average Bonchev–Trinajstić information content (AvgIpc) is 2.93. The molecule has 0 spiro atoms. The van der Waals surface area contributed by atoms with Gasteiger partial charge < -0.3 is 10.3 Å². The second-order valence-corrected chi connectivity index (χ2v) is 5.04. The molecule has 1 fully saturated rings. The Morgan fingerprint density at radius 3 is 3.10 bits per heavy atom. The lowest BCUT2D eigenvalue weighted by atomic mass is 10.2. The maximum Gasteiger partial charge on any atom is 0.273 e. The van der Waals surface area contributed by atoms with E-state index in [1.54, 1.807) is 11.9 Å². The maximum absolute atomic E-state index is 12.3. The van der Waals surface area contributed by atoms with Crippen LogP contribution in [0.4, 0.5) is 5.82 Å². The zero-order valence-corrected chi connectivity index (χ0v) is 12.0. The molecule has 0 bridgehead atoms. The van der Waals surface area contributed by atoms with Crippen molar-refractivity contribution in [2.24, 2.45) is 5.84 Å². The summed E-state index contributed by atoms with van der Waals surface area (Å²) >= 11 is 0. The van der Waals surface area contributed by atoms with Gasteiger partial charge in [0.1, 0.15) is 5.69 Å². The van der Waals surface area contributed by atoms with Gasteiger partial charge in [-0.15, -0.1) is 0 Å². The van der Waals surface area contributed by atoms with Crippen LogP contribution in [-0.4, -0.2) is 58.4 Å². The molecule has 2 rings (SSSR count). The predicted octanol–water partition coefficient (Wildman–Crippen LogP) is 0.319. The maximum atomic E-state index is 12.3. The first-order valence-electron chi connectivity index (χ1n) is 6.94. The number of nitrogens with one attached hydrogen (secondary N) is 1. The Bertz CT molecular complexity index is 466. The number of aromatic nitrogens is 2. The van der Waals surface area contributed by atoms with Crippen molar-refractivity contribution in [1.82, 2.24) is 19.8 Å². The van der Waals surface area contributed by atoms with E-state index in [1.165, 1.54) is 18.8 Å². The number of hydrogen-bond acceptors (Lipinski definition) is 6. The summed E-state index contributed by atoms with van der Waals surface area (Å²) in [5.74, 6) is 5.54. The highest BCUT2D eigenvalue weighted by atomic mass is 16.2. The number of hydrazine groups is 1. The van der Waals surface area contributed by atoms with Crippen LogP contribution in [0.15, 0.2) is 12.4 Å². The number of likely N-dealkylation sites (N-methyl/N-ethyl adjacent to an activating group) is 2. The van der Waals surface area contributed by atoms with E-state index < -0.39 is 0 Å². The van der Waals surface area contributed by atoms with Crippen molar-refractivity contribution >= 4 is 11.7 Å². The van der Waals surface area contributed by atoms with Crippen molar-refractivity contribution in [2.75, 3.05) is 32.1 Å². The number of rotatable bonds is 5. The molecule has 1 aliphatic rings. The van der Waals surface area contributed by atoms with Crippen molar-refractivity contribution in [1.29, 1.82) is 0 Å². The van der Waals surface area contributed by atoms with Crippen molar-refractivity contribution in [2.45, 2.75) is 25.8 Å². The number of nitrogens with zero attached hydrogens (tertiary/aromatic N) is 4. The third-order valence-corrected chi connectivity index (χ3v) is 3.74. The van der Waals surface area contributed by atoms with E-state index in [0.29, 0.717) is 24.1 Å². The van der Waals surface area contributed by atoms with Crippen LogP contribution in [0, 0.1) is 0 Å². The van der Waals surface area contributed by atoms with E-state index in [-0.39, 0.29) is 5.91 Å². The van der Waals surface area contributed by atoms with Gasteiger partial charge in [-0.1, -0.05) is 6.92 Å². The third-order valence-electron chi connectivity index (χ3n) is 3.74. The van der Waals surface area contributed by atoms with Crippen molar-refractivity contribution < 1.29 is 4.79 Å². The molecule has 1 aromatic rings. The van der Waals surface area contributed by atoms with E-state index in [9.17, 15) is 4.79 Å². The minimum absolute atomic E-state index is 0.127. The molecule has 3 N–H and O–H groups in total. The number of carbonyl (C=O) groups excluding carboxylic acids is 1. The molecule has 7 nitrogen and oxygen atoms in total. The molecule has 1 atom stereocenters. The zero-order valence-electron chi connectivity index (χ0n) is 12.0. The van der Waals surface area contributed by atoms with Gasteiger partial charge in [0.2, 0.25) is 0 Å². The molecule has 0 saturated carbocycles. The zero-order chi connectivity index (χ0) is 14.5. The van der Waals surface area contributed by atoms with Gasteiger partial charge in [-0.25, -0.2) is 10.8 Å². The van der Waals surface area contributed by atoms with Gasteiger partial charge in [0.15, 0.2) is 5.82 Å². The van der Waals surface area contributed by atoms with E-state index in [1.807, 2.05) is 0 Å². The number of hydrogen-bond donors (Lipinski definition) is 2. The van der Waals surface area contributed by atoms with Crippen molar-refractivity contribution in [3.63, 3.8) is 0 Å². The van der Waals surface area contributed by atoms with E-state index in [0.717, 1.165) is 19.5 Å². The Morgan fingerprint density at radius 2 is 2.40 bits per heavy atom. The molecule has 0 aliphatic carbocycles. The number of nitrogen functional groups attached to an aromatic ring is 1. The molecule has 1 aliphatic heterocycles. The monoisotopic (exact) mass is 278 g/mol. The molecule has 20 heavy (non-hydrogen) atoms. The highest BCUT2D eigenvalue weighted by molar-refractivity contribution is 5.92. The first-order valence-corrected chi connectivity index (χ1v) is 6.94. The first kappa shape index (κ1) is 14.7. The van der Waals surface area contributed by atoms with E-state index in [4.69, 9.17) is 5.84 Å². The molecule has 7 heteroatoms. The molecule has 1 aromatic heterocycles. The summed E-state index contributed by atoms with van der Waals surface area (Å²) in [6.07, 6.45) is 5.28. The summed E-state index contributed by atoms with van der Waals surface area (Å²) in [5, 5.41) is 0. The second kappa shape index (κ2) is 6.62. The van der Waals surface area contributed by atoms with Crippen molar-refractivity contribution in [3.8, 4) is 0 Å². The number of likely N-dealkylation sites (tertiary alicyclic amines) is 1. The number of nitrogens with two attached hydrogens (primary N) is 1. The molecule has 0 aromatic carbocycles. The fourth-order valence-electron chi connectivity index (χ4n) is 2.65. The predicted molar refractivity (Wildman–Crippen MR) is 77.1 cm³/mol. The van der Waals surface area contributed by atoms with Crippen LogP contribution in [0.3, 0.4) is 0 Å². The van der Waals surface area contributed by atoms with E-state index in [2.05, 4.69) is 27.2 Å². The molecule has 1 unspecified atom stereocenters. The van der Waals surface area contributed by atoms with Crippen LogP contribution >= 0.6 is 0 Å². The van der Waals surface area contributed by atoms with Crippen molar-refractivity contribution in [3.05, 3.63) is 18.1 Å². The molecular formula is C13H22N6O. The van der Waals surface area contributed by atoms with Crippen LogP contribution in [0.5, 0.6) is 0 Å². The summed E-state index contributed by atoms with van der Waals surface area (Å²) in [6, 6.07) is 0.442. The van der Waals surface area contributed by atoms with Gasteiger partial charge in [-0.05, 0) is 25.9 Å². The normalized spacial score (nSPS) is 19.1. The van der Waals surface area contributed by atoms with E-state index >= 15 is 0 Å². The van der Waals surface area contributed by atoms with Crippen LogP contribution in [0.2, 0.25) is 0 Å². The summed E-state index contributed by atoms with van der Waals surface area (Å²) in [5.41, 5.74) is 2.71. The second-order valence-electron chi connectivity index (χ2n) is 5.04. The fourth-order valence-corrected chi connectivity index (χ4v) is 2.65. The smallest absolute Gasteiger partial charge is 0.273 e. The summed E-state index contributed by atoms with van der Waals surface area (Å²) in [6.45, 7) is 5.02. The molecule has 1 amide bonds. The van der Waals surface area contributed by atoms with Gasteiger partial charge in [0, 0.05) is 19.6 Å². The highest BCUT2D eigenvalue weighted by Gasteiger charge is 2.26. The lowest BCUT2D eigenvalue weighted by Gasteiger charge is -2.27. The molecule has 2 heterocycles. The molecule has 0 radical (unpaired) electrons. The Hall–Kier alpha value is -1.73. The minimum Gasteiger partial charge on any atom is -0.339 e. The van der Waals surface area contributed by atoms with Crippen LogP contribution < -0.4 is 11.3 Å². The lowest BCUT2D eigenvalue weighted by Crippen LogP contribution is -2.41. The Labute approximate surface area is 119 Å². The summed E-state index contributed by atoms with van der Waals surface area (Å²) in [7, 11) is 1.80. The van der Waals surface area contributed by atoms with Gasteiger partial charge in [0.25, 0.3) is 5.91 Å². The van der Waals surface area contributed by atoms with Crippen LogP contribution in [0.25, 0.3) is 0 Å². The SMILES string of the molecule is CCN1CCCC1CN(C)C(=O)c1cncc(NN)n1. The molecule has 110 valence electrons. The van der Waals surface area contributed by atoms with Gasteiger partial charge in [-0.3, -0.25) is 14.7 Å². The summed E-state index contributed by atoms with van der Waals surface area (Å²) in [4.78, 5) is 24.5. The lowest BCUT2D eigenvalue weighted by molar-refractivity contribution is 0.0748. The number of carbonyl (C=O) groups is 1.